The first-order valence-corrected chi connectivity index (χ1v) is 9.47. The molecule has 2 atom stereocenters. The van der Waals surface area contributed by atoms with Gasteiger partial charge in [0.05, 0.1) is 0 Å². The zero-order chi connectivity index (χ0) is 18.7. The molecule has 1 saturated carbocycles. The third-order valence-electron chi connectivity index (χ3n) is 5.74. The summed E-state index contributed by atoms with van der Waals surface area (Å²) in [6.45, 7) is 6.99. The molecule has 2 aliphatic rings. The Morgan fingerprint density at radius 2 is 1.93 bits per heavy atom. The van der Waals surface area contributed by atoms with Crippen LogP contribution in [-0.2, 0) is 9.59 Å². The highest BCUT2D eigenvalue weighted by molar-refractivity contribution is 6.07. The molecule has 3 rings (SSSR count). The van der Waals surface area contributed by atoms with Gasteiger partial charge in [0.2, 0.25) is 11.8 Å². The van der Waals surface area contributed by atoms with Crippen molar-refractivity contribution in [3.8, 4) is 0 Å². The highest BCUT2D eigenvalue weighted by Crippen LogP contribution is 2.45. The van der Waals surface area contributed by atoms with E-state index in [2.05, 4.69) is 48.3 Å². The molecule has 2 amide bonds. The molecular weight excluding hydrogens is 362 g/mol. The summed E-state index contributed by atoms with van der Waals surface area (Å²) in [5.41, 5.74) is 5.68. The molecule has 1 aromatic carbocycles. The molecule has 27 heavy (non-hydrogen) atoms. The normalized spacial score (nSPS) is 24.0. The summed E-state index contributed by atoms with van der Waals surface area (Å²) in [5.74, 6) is 0.180. The Kier molecular flexibility index (Phi) is 7.06. The molecule has 6 heteroatoms. The molecular formula is C21H30ClN3O2. The van der Waals surface area contributed by atoms with E-state index in [1.54, 1.807) is 0 Å². The molecule has 1 aromatic rings. The zero-order valence-electron chi connectivity index (χ0n) is 16.1. The van der Waals surface area contributed by atoms with Crippen LogP contribution in [0, 0.1) is 17.3 Å². The molecule has 148 valence electrons. The van der Waals surface area contributed by atoms with Crippen LogP contribution in [0.2, 0.25) is 0 Å². The van der Waals surface area contributed by atoms with E-state index in [1.807, 2.05) is 18.2 Å². The Hall–Kier alpha value is -1.85. The number of nitrogens with one attached hydrogen (secondary N) is 1. The second-order valence-corrected chi connectivity index (χ2v) is 7.97. The Bertz CT molecular complexity index is 686. The first-order chi connectivity index (χ1) is 12.4. The summed E-state index contributed by atoms with van der Waals surface area (Å²) in [4.78, 5) is 26.5. The molecule has 0 spiro atoms. The lowest BCUT2D eigenvalue weighted by molar-refractivity contribution is -0.136. The quantitative estimate of drug-likeness (QED) is 0.701. The van der Waals surface area contributed by atoms with Crippen molar-refractivity contribution in [2.24, 2.45) is 23.0 Å². The molecule has 0 aromatic heterocycles. The number of hydrogen-bond acceptors (Lipinski definition) is 3. The summed E-state index contributed by atoms with van der Waals surface area (Å²) in [5, 5.41) is 3.13. The fourth-order valence-corrected chi connectivity index (χ4v) is 3.81. The molecule has 3 N–H and O–H groups in total. The maximum Gasteiger partial charge on any atom is 0.235 e. The molecule has 0 radical (unpaired) electrons. The van der Waals surface area contributed by atoms with Crippen molar-refractivity contribution in [3.63, 3.8) is 0 Å². The summed E-state index contributed by atoms with van der Waals surface area (Å²) in [6.07, 6.45) is 5.46. The van der Waals surface area contributed by atoms with Crippen LogP contribution in [0.25, 0.3) is 6.08 Å². The van der Waals surface area contributed by atoms with E-state index in [0.717, 1.165) is 19.6 Å². The van der Waals surface area contributed by atoms with Gasteiger partial charge in [-0.05, 0) is 30.2 Å². The standard InChI is InChI=1S/C21H29N3O2.ClH/c1-15(2)17-13-24(12-6-9-16-7-4-3-5-8-16)14-18(17)23-20(26)21(10-11-21)19(22)25;/h3-9,15,17-18H,10-14H2,1-2H3,(H2,22,25)(H,23,26);1H/b9-6+;/t17-,18+;/m1./s1. The van der Waals surface area contributed by atoms with Crippen molar-refractivity contribution in [2.45, 2.75) is 32.7 Å². The Morgan fingerprint density at radius 3 is 2.48 bits per heavy atom. The maximum absolute atomic E-state index is 12.6. The van der Waals surface area contributed by atoms with E-state index >= 15 is 0 Å². The Labute approximate surface area is 167 Å². The number of carbonyl (C=O) groups is 2. The molecule has 2 fully saturated rings. The van der Waals surface area contributed by atoms with Gasteiger partial charge in [0, 0.05) is 25.7 Å². The number of nitrogens with two attached hydrogens (primary N) is 1. The van der Waals surface area contributed by atoms with E-state index in [-0.39, 0.29) is 24.4 Å². The monoisotopic (exact) mass is 391 g/mol. The van der Waals surface area contributed by atoms with Crippen molar-refractivity contribution >= 4 is 30.3 Å². The van der Waals surface area contributed by atoms with Crippen LogP contribution in [-0.4, -0.2) is 42.4 Å². The average molecular weight is 392 g/mol. The van der Waals surface area contributed by atoms with Crippen LogP contribution in [0.3, 0.4) is 0 Å². The average Bonchev–Trinajstić information content (AvgIpc) is 3.33. The minimum Gasteiger partial charge on any atom is -0.369 e. The molecule has 0 unspecified atom stereocenters. The number of rotatable bonds is 7. The van der Waals surface area contributed by atoms with Crippen molar-refractivity contribution in [1.82, 2.24) is 10.2 Å². The van der Waals surface area contributed by atoms with Gasteiger partial charge >= 0.3 is 0 Å². The molecule has 5 nitrogen and oxygen atoms in total. The minimum absolute atomic E-state index is 0. The summed E-state index contributed by atoms with van der Waals surface area (Å²) < 4.78 is 0. The van der Waals surface area contributed by atoms with Crippen LogP contribution in [0.15, 0.2) is 36.4 Å². The molecule has 1 saturated heterocycles. The van der Waals surface area contributed by atoms with Crippen LogP contribution in [0.5, 0.6) is 0 Å². The fraction of sp³-hybridized carbons (Fsp3) is 0.524. The lowest BCUT2D eigenvalue weighted by atomic mass is 9.90. The second kappa shape index (κ2) is 8.89. The summed E-state index contributed by atoms with van der Waals surface area (Å²) >= 11 is 0. The number of nitrogens with zero attached hydrogens (tertiary/aromatic N) is 1. The number of benzene rings is 1. The van der Waals surface area contributed by atoms with Gasteiger partial charge < -0.3 is 11.1 Å². The second-order valence-electron chi connectivity index (χ2n) is 7.97. The van der Waals surface area contributed by atoms with Gasteiger partial charge in [-0.1, -0.05) is 56.3 Å². The van der Waals surface area contributed by atoms with Gasteiger partial charge in [-0.3, -0.25) is 14.5 Å². The number of halogens is 1. The van der Waals surface area contributed by atoms with Crippen molar-refractivity contribution in [1.29, 1.82) is 0 Å². The lowest BCUT2D eigenvalue weighted by Crippen LogP contribution is -2.48. The van der Waals surface area contributed by atoms with E-state index in [1.165, 1.54) is 5.56 Å². The number of hydrogen-bond donors (Lipinski definition) is 2. The third kappa shape index (κ3) is 4.90. The first kappa shape index (κ1) is 21.5. The van der Waals surface area contributed by atoms with Crippen molar-refractivity contribution < 1.29 is 9.59 Å². The van der Waals surface area contributed by atoms with Crippen molar-refractivity contribution in [3.05, 3.63) is 42.0 Å². The highest BCUT2D eigenvalue weighted by atomic mass is 35.5. The van der Waals surface area contributed by atoms with Gasteiger partial charge in [0.15, 0.2) is 0 Å². The van der Waals surface area contributed by atoms with Gasteiger partial charge in [-0.2, -0.15) is 0 Å². The van der Waals surface area contributed by atoms with Gasteiger partial charge in [0.25, 0.3) is 0 Å². The van der Waals surface area contributed by atoms with E-state index < -0.39 is 11.3 Å². The lowest BCUT2D eigenvalue weighted by Gasteiger charge is -2.24. The van der Waals surface area contributed by atoms with Gasteiger partial charge in [-0.25, -0.2) is 0 Å². The van der Waals surface area contributed by atoms with E-state index in [9.17, 15) is 9.59 Å². The predicted molar refractivity (Wildman–Crippen MR) is 110 cm³/mol. The number of amides is 2. The van der Waals surface area contributed by atoms with E-state index in [4.69, 9.17) is 5.73 Å². The smallest absolute Gasteiger partial charge is 0.235 e. The summed E-state index contributed by atoms with van der Waals surface area (Å²) in [7, 11) is 0. The largest absolute Gasteiger partial charge is 0.369 e. The maximum atomic E-state index is 12.6. The molecule has 1 aliphatic heterocycles. The summed E-state index contributed by atoms with van der Waals surface area (Å²) in [6, 6.07) is 10.3. The van der Waals surface area contributed by atoms with E-state index in [0.29, 0.717) is 24.7 Å². The minimum atomic E-state index is -0.942. The van der Waals surface area contributed by atoms with Crippen molar-refractivity contribution in [2.75, 3.05) is 19.6 Å². The topological polar surface area (TPSA) is 75.4 Å². The number of primary amides is 1. The predicted octanol–water partition coefficient (Wildman–Crippen LogP) is 2.46. The Morgan fingerprint density at radius 1 is 1.26 bits per heavy atom. The zero-order valence-corrected chi connectivity index (χ0v) is 16.9. The fourth-order valence-electron chi connectivity index (χ4n) is 3.81. The molecule has 1 heterocycles. The highest BCUT2D eigenvalue weighted by Gasteiger charge is 2.56. The molecule has 1 aliphatic carbocycles. The number of likely N-dealkylation sites (tertiary alicyclic amines) is 1. The first-order valence-electron chi connectivity index (χ1n) is 9.47. The van der Waals surface area contributed by atoms with Crippen LogP contribution < -0.4 is 11.1 Å². The van der Waals surface area contributed by atoms with Gasteiger partial charge in [-0.15, -0.1) is 12.4 Å². The van der Waals surface area contributed by atoms with Crippen LogP contribution in [0.1, 0.15) is 32.3 Å². The Balaban J connectivity index is 0.00000261. The SMILES string of the molecule is CC(C)[C@H]1CN(C/C=C/c2ccccc2)C[C@@H]1NC(=O)C1(C(N)=O)CC1.Cl. The third-order valence-corrected chi connectivity index (χ3v) is 5.74. The van der Waals surface area contributed by atoms with Crippen LogP contribution >= 0.6 is 12.4 Å². The van der Waals surface area contributed by atoms with Gasteiger partial charge in [0.1, 0.15) is 5.41 Å². The number of carbonyl (C=O) groups excluding carboxylic acids is 2. The molecule has 0 bridgehead atoms. The van der Waals surface area contributed by atoms with Crippen LogP contribution in [0.4, 0.5) is 0 Å².